The molecule has 0 radical (unpaired) electrons. The van der Waals surface area contributed by atoms with Gasteiger partial charge in [0.05, 0.1) is 6.67 Å². The average Bonchev–Trinajstić information content (AvgIpc) is 3.09. The summed E-state index contributed by atoms with van der Waals surface area (Å²) in [4.78, 5) is 28.0. The molecular weight excluding hydrogens is 278 g/mol. The molecule has 0 bridgehead atoms. The van der Waals surface area contributed by atoms with E-state index in [1.54, 1.807) is 0 Å². The quantitative estimate of drug-likeness (QED) is 0.850. The Morgan fingerprint density at radius 1 is 1.23 bits per heavy atom. The lowest BCUT2D eigenvalue weighted by Gasteiger charge is -2.28. The Morgan fingerprint density at radius 3 is 2.73 bits per heavy atom. The van der Waals surface area contributed by atoms with Crippen LogP contribution in [0.1, 0.15) is 44.2 Å². The molecule has 5 heteroatoms. The number of nitrogens with zero attached hydrogens (tertiary/aromatic N) is 2. The maximum atomic E-state index is 12.4. The summed E-state index contributed by atoms with van der Waals surface area (Å²) >= 11 is 0. The van der Waals surface area contributed by atoms with Crippen molar-refractivity contribution < 1.29 is 9.59 Å². The van der Waals surface area contributed by atoms with Crippen molar-refractivity contribution in [1.29, 1.82) is 0 Å². The first-order valence-corrected chi connectivity index (χ1v) is 8.11. The van der Waals surface area contributed by atoms with Crippen molar-refractivity contribution in [3.8, 4) is 0 Å². The van der Waals surface area contributed by atoms with E-state index in [0.717, 1.165) is 25.8 Å². The van der Waals surface area contributed by atoms with E-state index in [-0.39, 0.29) is 18.0 Å². The fourth-order valence-electron chi connectivity index (χ4n) is 3.42. The van der Waals surface area contributed by atoms with Crippen molar-refractivity contribution in [2.75, 3.05) is 13.2 Å². The molecule has 2 atom stereocenters. The van der Waals surface area contributed by atoms with Crippen LogP contribution in [0.15, 0.2) is 30.3 Å². The first kappa shape index (κ1) is 15.0. The maximum Gasteiger partial charge on any atom is 0.325 e. The molecule has 2 heterocycles. The number of hydrogen-bond donors (Lipinski definition) is 1. The van der Waals surface area contributed by atoms with Gasteiger partial charge in [0.25, 0.3) is 5.91 Å². The highest BCUT2D eigenvalue weighted by molar-refractivity contribution is 6.04. The minimum absolute atomic E-state index is 0.0782. The largest absolute Gasteiger partial charge is 0.326 e. The Kier molecular flexibility index (Phi) is 4.43. The molecule has 22 heavy (non-hydrogen) atoms. The molecule has 0 unspecified atom stereocenters. The summed E-state index contributed by atoms with van der Waals surface area (Å²) in [5.41, 5.74) is 1.26. The highest BCUT2D eigenvalue weighted by atomic mass is 16.2. The Morgan fingerprint density at radius 2 is 2.00 bits per heavy atom. The van der Waals surface area contributed by atoms with Gasteiger partial charge < -0.3 is 5.32 Å². The lowest BCUT2D eigenvalue weighted by molar-refractivity contribution is -0.129. The summed E-state index contributed by atoms with van der Waals surface area (Å²) in [7, 11) is 0. The summed E-state index contributed by atoms with van der Waals surface area (Å²) in [6.07, 6.45) is 3.78. The van der Waals surface area contributed by atoms with Gasteiger partial charge >= 0.3 is 6.03 Å². The molecule has 1 aromatic carbocycles. The standard InChI is InChI=1S/C17H23N3O2/c1-2-7-14-16(21)20(17(22)18-14)12-19-11-6-10-15(19)13-8-4-3-5-9-13/h3-5,8-9,14-15H,2,6-7,10-12H2,1H3,(H,18,22)/t14-,15-/m0/s1. The van der Waals surface area contributed by atoms with E-state index in [0.29, 0.717) is 19.1 Å². The first-order chi connectivity index (χ1) is 10.7. The van der Waals surface area contributed by atoms with Crippen LogP contribution >= 0.6 is 0 Å². The fraction of sp³-hybridized carbons (Fsp3) is 0.529. The molecular formula is C17H23N3O2. The van der Waals surface area contributed by atoms with Crippen molar-refractivity contribution in [3.63, 3.8) is 0 Å². The second kappa shape index (κ2) is 6.48. The van der Waals surface area contributed by atoms with Gasteiger partial charge in [-0.2, -0.15) is 0 Å². The molecule has 2 aliphatic heterocycles. The summed E-state index contributed by atoms with van der Waals surface area (Å²) in [6.45, 7) is 3.34. The molecule has 2 aliphatic rings. The summed E-state index contributed by atoms with van der Waals surface area (Å²) < 4.78 is 0. The zero-order valence-electron chi connectivity index (χ0n) is 13.0. The van der Waals surface area contributed by atoms with Crippen molar-refractivity contribution in [1.82, 2.24) is 15.1 Å². The van der Waals surface area contributed by atoms with Crippen LogP contribution in [0.4, 0.5) is 4.79 Å². The average molecular weight is 301 g/mol. The second-order valence-electron chi connectivity index (χ2n) is 6.08. The van der Waals surface area contributed by atoms with E-state index in [1.165, 1.54) is 10.5 Å². The smallest absolute Gasteiger partial charge is 0.325 e. The zero-order valence-corrected chi connectivity index (χ0v) is 13.0. The number of nitrogens with one attached hydrogen (secondary N) is 1. The molecule has 3 rings (SSSR count). The molecule has 3 amide bonds. The topological polar surface area (TPSA) is 52.7 Å². The van der Waals surface area contributed by atoms with Gasteiger partial charge in [0, 0.05) is 12.6 Å². The van der Waals surface area contributed by atoms with Crippen LogP contribution in [0, 0.1) is 0 Å². The Balaban J connectivity index is 1.70. The summed E-state index contributed by atoms with van der Waals surface area (Å²) in [6, 6.07) is 10.0. The van der Waals surface area contributed by atoms with Crippen LogP contribution in [0.25, 0.3) is 0 Å². The third kappa shape index (κ3) is 2.86. The molecule has 1 N–H and O–H groups in total. The molecule has 0 aliphatic carbocycles. The van der Waals surface area contributed by atoms with E-state index in [4.69, 9.17) is 0 Å². The van der Waals surface area contributed by atoms with Crippen LogP contribution in [-0.2, 0) is 4.79 Å². The SMILES string of the molecule is CCC[C@@H]1NC(=O)N(CN2CCC[C@H]2c2ccccc2)C1=O. The number of carbonyl (C=O) groups is 2. The number of amides is 3. The number of benzene rings is 1. The van der Waals surface area contributed by atoms with Crippen LogP contribution in [0.3, 0.4) is 0 Å². The number of rotatable bonds is 5. The van der Waals surface area contributed by atoms with Gasteiger partial charge in [-0.15, -0.1) is 0 Å². The van der Waals surface area contributed by atoms with Gasteiger partial charge in [0.1, 0.15) is 6.04 Å². The third-order valence-corrected chi connectivity index (χ3v) is 4.56. The molecule has 2 saturated heterocycles. The summed E-state index contributed by atoms with van der Waals surface area (Å²) in [5, 5.41) is 2.79. The molecule has 1 aromatic rings. The minimum Gasteiger partial charge on any atom is -0.326 e. The third-order valence-electron chi connectivity index (χ3n) is 4.56. The van der Waals surface area contributed by atoms with Crippen molar-refractivity contribution in [2.45, 2.75) is 44.7 Å². The van der Waals surface area contributed by atoms with Crippen molar-refractivity contribution in [2.24, 2.45) is 0 Å². The summed E-state index contributed by atoms with van der Waals surface area (Å²) in [5.74, 6) is -0.0782. The Hall–Kier alpha value is -1.88. The van der Waals surface area contributed by atoms with Gasteiger partial charge in [-0.3, -0.25) is 9.69 Å². The fourth-order valence-corrected chi connectivity index (χ4v) is 3.42. The van der Waals surface area contributed by atoms with Gasteiger partial charge in [0.15, 0.2) is 0 Å². The minimum atomic E-state index is -0.338. The highest BCUT2D eigenvalue weighted by Crippen LogP contribution is 2.32. The van der Waals surface area contributed by atoms with Gasteiger partial charge in [-0.25, -0.2) is 9.69 Å². The number of imide groups is 1. The van der Waals surface area contributed by atoms with Crippen molar-refractivity contribution >= 4 is 11.9 Å². The maximum absolute atomic E-state index is 12.4. The second-order valence-corrected chi connectivity index (χ2v) is 6.08. The molecule has 0 spiro atoms. The molecule has 0 saturated carbocycles. The van der Waals surface area contributed by atoms with Crippen molar-refractivity contribution in [3.05, 3.63) is 35.9 Å². The van der Waals surface area contributed by atoms with E-state index in [9.17, 15) is 9.59 Å². The lowest BCUT2D eigenvalue weighted by Crippen LogP contribution is -2.41. The monoisotopic (exact) mass is 301 g/mol. The Bertz CT molecular complexity index is 546. The molecule has 5 nitrogen and oxygen atoms in total. The van der Waals surface area contributed by atoms with Crippen LogP contribution in [0.5, 0.6) is 0 Å². The van der Waals surface area contributed by atoms with E-state index in [2.05, 4.69) is 22.3 Å². The molecule has 118 valence electrons. The van der Waals surface area contributed by atoms with Crippen LogP contribution < -0.4 is 5.32 Å². The van der Waals surface area contributed by atoms with Gasteiger partial charge in [0.2, 0.25) is 0 Å². The van der Waals surface area contributed by atoms with Crippen LogP contribution in [-0.4, -0.2) is 41.0 Å². The van der Waals surface area contributed by atoms with E-state index >= 15 is 0 Å². The Labute approximate surface area is 131 Å². The van der Waals surface area contributed by atoms with Gasteiger partial charge in [-0.1, -0.05) is 43.7 Å². The number of hydrogen-bond acceptors (Lipinski definition) is 3. The highest BCUT2D eigenvalue weighted by Gasteiger charge is 2.39. The van der Waals surface area contributed by atoms with Crippen LogP contribution in [0.2, 0.25) is 0 Å². The zero-order chi connectivity index (χ0) is 15.5. The van der Waals surface area contributed by atoms with E-state index < -0.39 is 0 Å². The normalized spacial score (nSPS) is 25.8. The van der Waals surface area contributed by atoms with Gasteiger partial charge in [-0.05, 0) is 24.8 Å². The number of likely N-dealkylation sites (tertiary alicyclic amines) is 1. The molecule has 2 fully saturated rings. The lowest BCUT2D eigenvalue weighted by atomic mass is 10.1. The number of urea groups is 1. The van der Waals surface area contributed by atoms with E-state index in [1.807, 2.05) is 25.1 Å². The predicted octanol–water partition coefficient (Wildman–Crippen LogP) is 2.50. The predicted molar refractivity (Wildman–Crippen MR) is 84.1 cm³/mol. The first-order valence-electron chi connectivity index (χ1n) is 8.11. The molecule has 0 aromatic heterocycles. The number of carbonyl (C=O) groups excluding carboxylic acids is 2.